The molecule has 29 heavy (non-hydrogen) atoms. The van der Waals surface area contributed by atoms with Gasteiger partial charge in [-0.2, -0.15) is 0 Å². The molecule has 0 radical (unpaired) electrons. The van der Waals surface area contributed by atoms with Gasteiger partial charge in [-0.1, -0.05) is 18.2 Å². The van der Waals surface area contributed by atoms with Gasteiger partial charge in [-0.25, -0.2) is 4.98 Å². The number of carbonyl (C=O) groups excluding carboxylic acids is 2. The molecule has 3 heterocycles. The summed E-state index contributed by atoms with van der Waals surface area (Å²) in [5, 5.41) is 7.11. The second-order valence-corrected chi connectivity index (χ2v) is 8.63. The number of carbonyl (C=O) groups is 2. The van der Waals surface area contributed by atoms with Crippen LogP contribution in [0.5, 0.6) is 5.75 Å². The molecule has 1 aromatic carbocycles. The summed E-state index contributed by atoms with van der Waals surface area (Å²) >= 11 is 2.89. The summed E-state index contributed by atoms with van der Waals surface area (Å²) in [6, 6.07) is 9.74. The van der Waals surface area contributed by atoms with Gasteiger partial charge in [-0.15, -0.1) is 22.7 Å². The second-order valence-electron chi connectivity index (χ2n) is 6.74. The number of amides is 2. The Morgan fingerprint density at radius 1 is 1.21 bits per heavy atom. The fourth-order valence-electron chi connectivity index (χ4n) is 3.46. The number of aromatic nitrogens is 1. The van der Waals surface area contributed by atoms with E-state index in [4.69, 9.17) is 4.74 Å². The molecule has 4 rings (SSSR count). The molecule has 150 valence electrons. The molecule has 0 bridgehead atoms. The van der Waals surface area contributed by atoms with E-state index < -0.39 is 0 Å². The van der Waals surface area contributed by atoms with Crippen molar-refractivity contribution in [2.75, 3.05) is 23.9 Å². The van der Waals surface area contributed by atoms with Crippen LogP contribution in [0.1, 0.15) is 22.6 Å². The van der Waals surface area contributed by atoms with E-state index in [1.165, 1.54) is 11.3 Å². The third-order valence-electron chi connectivity index (χ3n) is 4.75. The Morgan fingerprint density at radius 3 is 2.90 bits per heavy atom. The normalized spacial score (nSPS) is 13.1. The number of rotatable bonds is 6. The van der Waals surface area contributed by atoms with Crippen molar-refractivity contribution in [3.63, 3.8) is 0 Å². The molecule has 0 saturated heterocycles. The molecule has 1 aliphatic rings. The summed E-state index contributed by atoms with van der Waals surface area (Å²) < 4.78 is 5.48. The van der Waals surface area contributed by atoms with Crippen LogP contribution in [0.2, 0.25) is 0 Å². The zero-order chi connectivity index (χ0) is 20.2. The standard InChI is InChI=1S/C21H21N3O3S2/c1-27-17-8-2-5-14-6-3-9-24(20(14)17)19(26)11-15-13-29-21(22-15)23-18(25)12-16-7-4-10-28-16/h2,4-5,7-8,10,13H,3,6,9,11-12H2,1H3,(H,22,23,25). The summed E-state index contributed by atoms with van der Waals surface area (Å²) in [6.45, 7) is 0.667. The lowest BCUT2D eigenvalue weighted by molar-refractivity contribution is -0.118. The number of thiophene rings is 1. The maximum atomic E-state index is 13.0. The first-order valence-corrected chi connectivity index (χ1v) is 11.1. The van der Waals surface area contributed by atoms with Crippen LogP contribution in [-0.4, -0.2) is 30.5 Å². The topological polar surface area (TPSA) is 71.5 Å². The number of fused-ring (bicyclic) bond motifs is 1. The molecule has 1 N–H and O–H groups in total. The van der Waals surface area contributed by atoms with Gasteiger partial charge < -0.3 is 15.0 Å². The highest BCUT2D eigenvalue weighted by atomic mass is 32.1. The molecule has 2 amide bonds. The molecule has 0 unspecified atom stereocenters. The van der Waals surface area contributed by atoms with Crippen LogP contribution in [-0.2, 0) is 28.9 Å². The average molecular weight is 428 g/mol. The van der Waals surface area contributed by atoms with Crippen LogP contribution in [0.25, 0.3) is 0 Å². The van der Waals surface area contributed by atoms with Crippen molar-refractivity contribution in [2.24, 2.45) is 0 Å². The molecule has 6 nitrogen and oxygen atoms in total. The van der Waals surface area contributed by atoms with Crippen molar-refractivity contribution >= 4 is 45.3 Å². The summed E-state index contributed by atoms with van der Waals surface area (Å²) in [5.74, 6) is 0.599. The molecule has 0 saturated carbocycles. The Kier molecular flexibility index (Phi) is 5.92. The number of aryl methyl sites for hydroxylation is 1. The minimum Gasteiger partial charge on any atom is -0.495 e. The number of anilines is 2. The Bertz CT molecular complexity index is 1000. The smallest absolute Gasteiger partial charge is 0.233 e. The quantitative estimate of drug-likeness (QED) is 0.647. The molecule has 0 spiro atoms. The predicted molar refractivity (Wildman–Crippen MR) is 116 cm³/mol. The zero-order valence-corrected chi connectivity index (χ0v) is 17.6. The van der Waals surface area contributed by atoms with E-state index in [0.717, 1.165) is 34.7 Å². The summed E-state index contributed by atoms with van der Waals surface area (Å²) in [6.07, 6.45) is 2.38. The average Bonchev–Trinajstić information content (AvgIpc) is 3.39. The SMILES string of the molecule is COc1cccc2c1N(C(=O)Cc1csc(NC(=O)Cc3cccs3)n1)CCC2. The van der Waals surface area contributed by atoms with Crippen molar-refractivity contribution in [1.29, 1.82) is 0 Å². The zero-order valence-electron chi connectivity index (χ0n) is 16.0. The molecule has 1 aliphatic heterocycles. The van der Waals surface area contributed by atoms with Gasteiger partial charge in [-0.05, 0) is 35.9 Å². The molecule has 2 aromatic heterocycles. The van der Waals surface area contributed by atoms with Crippen molar-refractivity contribution in [3.8, 4) is 5.75 Å². The van der Waals surface area contributed by atoms with E-state index in [1.54, 1.807) is 23.3 Å². The van der Waals surface area contributed by atoms with E-state index in [2.05, 4.69) is 10.3 Å². The molecule has 8 heteroatoms. The van der Waals surface area contributed by atoms with Crippen LogP contribution in [0.15, 0.2) is 41.1 Å². The van der Waals surface area contributed by atoms with Crippen LogP contribution in [0.4, 0.5) is 10.8 Å². The Balaban J connectivity index is 1.42. The summed E-state index contributed by atoms with van der Waals surface area (Å²) in [7, 11) is 1.62. The molecule has 0 aliphatic carbocycles. The highest BCUT2D eigenvalue weighted by Crippen LogP contribution is 2.36. The molecular weight excluding hydrogens is 406 g/mol. The maximum absolute atomic E-state index is 13.0. The van der Waals surface area contributed by atoms with E-state index in [-0.39, 0.29) is 18.2 Å². The Morgan fingerprint density at radius 2 is 2.10 bits per heavy atom. The largest absolute Gasteiger partial charge is 0.495 e. The summed E-state index contributed by atoms with van der Waals surface area (Å²) in [4.78, 5) is 32.4. The van der Waals surface area contributed by atoms with Crippen molar-refractivity contribution in [1.82, 2.24) is 4.98 Å². The second kappa shape index (κ2) is 8.75. The maximum Gasteiger partial charge on any atom is 0.233 e. The van der Waals surface area contributed by atoms with Gasteiger partial charge in [0.25, 0.3) is 0 Å². The predicted octanol–water partition coefficient (Wildman–Crippen LogP) is 3.92. The van der Waals surface area contributed by atoms with Gasteiger partial charge in [0.15, 0.2) is 5.13 Å². The fraction of sp³-hybridized carbons (Fsp3) is 0.286. The van der Waals surface area contributed by atoms with Crippen LogP contribution < -0.4 is 15.0 Å². The van der Waals surface area contributed by atoms with Crippen molar-refractivity contribution in [3.05, 3.63) is 57.2 Å². The van der Waals surface area contributed by atoms with Gasteiger partial charge in [0.1, 0.15) is 5.75 Å². The van der Waals surface area contributed by atoms with E-state index in [9.17, 15) is 9.59 Å². The van der Waals surface area contributed by atoms with Gasteiger partial charge in [0, 0.05) is 16.8 Å². The monoisotopic (exact) mass is 427 g/mol. The third-order valence-corrected chi connectivity index (χ3v) is 6.43. The van der Waals surface area contributed by atoms with Crippen LogP contribution in [0, 0.1) is 0 Å². The number of ether oxygens (including phenoxy) is 1. The van der Waals surface area contributed by atoms with E-state index in [1.807, 2.05) is 41.1 Å². The fourth-order valence-corrected chi connectivity index (χ4v) is 4.89. The first-order valence-electron chi connectivity index (χ1n) is 9.37. The Hall–Kier alpha value is -2.71. The van der Waals surface area contributed by atoms with Gasteiger partial charge in [0.2, 0.25) is 11.8 Å². The van der Waals surface area contributed by atoms with Crippen molar-refractivity contribution < 1.29 is 14.3 Å². The van der Waals surface area contributed by atoms with Crippen molar-refractivity contribution in [2.45, 2.75) is 25.7 Å². The van der Waals surface area contributed by atoms with Gasteiger partial charge >= 0.3 is 0 Å². The number of nitrogens with zero attached hydrogens (tertiary/aromatic N) is 2. The number of nitrogens with one attached hydrogen (secondary N) is 1. The number of hydrogen-bond acceptors (Lipinski definition) is 6. The highest BCUT2D eigenvalue weighted by molar-refractivity contribution is 7.14. The number of hydrogen-bond donors (Lipinski definition) is 1. The van der Waals surface area contributed by atoms with Crippen LogP contribution in [0.3, 0.4) is 0 Å². The number of thiazole rings is 1. The van der Waals surface area contributed by atoms with Gasteiger partial charge in [-0.3, -0.25) is 9.59 Å². The lowest BCUT2D eigenvalue weighted by atomic mass is 10.0. The Labute approximate surface area is 177 Å². The number of methoxy groups -OCH3 is 1. The molecule has 0 fully saturated rings. The third kappa shape index (κ3) is 4.49. The lowest BCUT2D eigenvalue weighted by Gasteiger charge is -2.30. The highest BCUT2D eigenvalue weighted by Gasteiger charge is 2.26. The summed E-state index contributed by atoms with van der Waals surface area (Å²) in [5.41, 5.74) is 2.66. The first-order chi connectivity index (χ1) is 14.1. The van der Waals surface area contributed by atoms with E-state index >= 15 is 0 Å². The minimum atomic E-state index is -0.102. The lowest BCUT2D eigenvalue weighted by Crippen LogP contribution is -2.36. The molecule has 0 atom stereocenters. The molecular formula is C21H21N3O3S2. The minimum absolute atomic E-state index is 0.0165. The first kappa shape index (κ1) is 19.6. The number of benzene rings is 1. The van der Waals surface area contributed by atoms with Crippen LogP contribution >= 0.6 is 22.7 Å². The number of para-hydroxylation sites is 1. The van der Waals surface area contributed by atoms with Gasteiger partial charge in [0.05, 0.1) is 31.3 Å². The molecule has 3 aromatic rings. The van der Waals surface area contributed by atoms with E-state index in [0.29, 0.717) is 23.8 Å².